The van der Waals surface area contributed by atoms with Gasteiger partial charge in [0.05, 0.1) is 0 Å². The normalized spacial score (nSPS) is 18.2. The summed E-state index contributed by atoms with van der Waals surface area (Å²) in [6.45, 7) is 3.59. The van der Waals surface area contributed by atoms with Crippen LogP contribution < -0.4 is 11.1 Å². The van der Waals surface area contributed by atoms with E-state index in [9.17, 15) is 4.79 Å². The van der Waals surface area contributed by atoms with E-state index < -0.39 is 0 Å². The number of likely N-dealkylation sites (tertiary alicyclic amines) is 1. The van der Waals surface area contributed by atoms with Gasteiger partial charge in [-0.15, -0.1) is 11.3 Å². The summed E-state index contributed by atoms with van der Waals surface area (Å²) in [6.07, 6.45) is 4.12. The first-order valence-electron chi connectivity index (χ1n) is 8.87. The third-order valence-electron chi connectivity index (χ3n) is 4.75. The lowest BCUT2D eigenvalue weighted by atomic mass is 9.98. The zero-order valence-corrected chi connectivity index (χ0v) is 15.3. The van der Waals surface area contributed by atoms with E-state index in [1.165, 1.54) is 4.88 Å². The van der Waals surface area contributed by atoms with Crippen molar-refractivity contribution in [3.05, 3.63) is 47.2 Å². The fourth-order valence-corrected chi connectivity index (χ4v) is 4.22. The summed E-state index contributed by atoms with van der Waals surface area (Å²) in [5, 5.41) is 4.60. The van der Waals surface area contributed by atoms with Crippen LogP contribution in [0.25, 0.3) is 11.0 Å². The third kappa shape index (κ3) is 3.89. The first kappa shape index (κ1) is 17.1. The molecule has 2 aromatic heterocycles. The highest BCUT2D eigenvalue weighted by Gasteiger charge is 2.22. The van der Waals surface area contributed by atoms with Gasteiger partial charge in [0.1, 0.15) is 5.58 Å². The Kier molecular flexibility index (Phi) is 4.90. The summed E-state index contributed by atoms with van der Waals surface area (Å²) < 4.78 is 5.63. The van der Waals surface area contributed by atoms with E-state index in [1.54, 1.807) is 17.4 Å². The summed E-state index contributed by atoms with van der Waals surface area (Å²) in [7, 11) is 0. The number of benzene rings is 1. The van der Waals surface area contributed by atoms with Crippen molar-refractivity contribution in [3.8, 4) is 0 Å². The quantitative estimate of drug-likeness (QED) is 0.721. The molecule has 6 nitrogen and oxygen atoms in total. The third-order valence-corrected chi connectivity index (χ3v) is 5.57. The molecule has 0 radical (unpaired) electrons. The zero-order valence-electron chi connectivity index (χ0n) is 14.5. The number of aromatic nitrogens is 1. The molecule has 1 atom stereocenters. The van der Waals surface area contributed by atoms with Crippen LogP contribution >= 0.6 is 11.3 Å². The average Bonchev–Trinajstić information content (AvgIpc) is 3.26. The molecule has 1 aliphatic rings. The van der Waals surface area contributed by atoms with E-state index in [4.69, 9.17) is 10.2 Å². The highest BCUT2D eigenvalue weighted by molar-refractivity contribution is 7.15. The number of thiazole rings is 1. The highest BCUT2D eigenvalue weighted by atomic mass is 32.1. The second-order valence-corrected chi connectivity index (χ2v) is 7.91. The number of carbonyl (C=O) groups is 1. The summed E-state index contributed by atoms with van der Waals surface area (Å²) in [4.78, 5) is 20.1. The van der Waals surface area contributed by atoms with Gasteiger partial charge < -0.3 is 15.5 Å². The van der Waals surface area contributed by atoms with Gasteiger partial charge in [-0.2, -0.15) is 0 Å². The Labute approximate surface area is 156 Å². The number of hydrogen-bond acceptors (Lipinski definition) is 6. The van der Waals surface area contributed by atoms with E-state index in [0.29, 0.717) is 23.4 Å². The maximum Gasteiger partial charge on any atom is 0.287 e. The maximum absolute atomic E-state index is 12.4. The van der Waals surface area contributed by atoms with Crippen LogP contribution in [-0.4, -0.2) is 35.4 Å². The molecule has 3 heterocycles. The lowest BCUT2D eigenvalue weighted by Crippen LogP contribution is -2.40. The largest absolute Gasteiger partial charge is 0.451 e. The van der Waals surface area contributed by atoms with Crippen LogP contribution in [0.5, 0.6) is 0 Å². The van der Waals surface area contributed by atoms with Gasteiger partial charge in [-0.25, -0.2) is 4.98 Å². The van der Waals surface area contributed by atoms with E-state index in [2.05, 4.69) is 15.2 Å². The molecule has 0 spiro atoms. The van der Waals surface area contributed by atoms with Crippen molar-refractivity contribution >= 4 is 33.3 Å². The van der Waals surface area contributed by atoms with Crippen molar-refractivity contribution < 1.29 is 9.21 Å². The number of hydrogen-bond donors (Lipinski definition) is 2. The molecule has 1 unspecified atom stereocenters. The van der Waals surface area contributed by atoms with E-state index in [-0.39, 0.29) is 5.91 Å². The lowest BCUT2D eigenvalue weighted by Gasteiger charge is -2.32. The van der Waals surface area contributed by atoms with Gasteiger partial charge in [0, 0.05) is 36.1 Å². The number of carbonyl (C=O) groups excluding carboxylic acids is 1. The fraction of sp³-hybridized carbons (Fsp3) is 0.368. The zero-order chi connectivity index (χ0) is 17.9. The molecule has 7 heteroatoms. The molecule has 0 bridgehead atoms. The van der Waals surface area contributed by atoms with Crippen molar-refractivity contribution in [1.82, 2.24) is 15.2 Å². The molecule has 4 rings (SSSR count). The Morgan fingerprint density at radius 3 is 3.12 bits per heavy atom. The van der Waals surface area contributed by atoms with Gasteiger partial charge in [-0.3, -0.25) is 9.69 Å². The van der Waals surface area contributed by atoms with Crippen LogP contribution in [0.1, 0.15) is 28.3 Å². The highest BCUT2D eigenvalue weighted by Crippen LogP contribution is 2.22. The van der Waals surface area contributed by atoms with Crippen LogP contribution in [0, 0.1) is 5.92 Å². The lowest BCUT2D eigenvalue weighted by molar-refractivity contribution is 0.0905. The van der Waals surface area contributed by atoms with Gasteiger partial charge >= 0.3 is 0 Å². The molecule has 26 heavy (non-hydrogen) atoms. The van der Waals surface area contributed by atoms with Crippen molar-refractivity contribution in [3.63, 3.8) is 0 Å². The SMILES string of the molecule is Nc1ncc(CN2CCCC(CNC(=O)c3cc4ccccc4o3)C2)s1. The predicted molar refractivity (Wildman–Crippen MR) is 103 cm³/mol. The number of rotatable bonds is 5. The van der Waals surface area contributed by atoms with Crippen molar-refractivity contribution in [2.45, 2.75) is 19.4 Å². The molecule has 3 aromatic rings. The Hall–Kier alpha value is -2.38. The Bertz CT molecular complexity index is 871. The molecule has 1 fully saturated rings. The minimum absolute atomic E-state index is 0.145. The van der Waals surface area contributed by atoms with Gasteiger partial charge in [0.15, 0.2) is 10.9 Å². The summed E-state index contributed by atoms with van der Waals surface area (Å²) >= 11 is 1.54. The number of nitrogens with two attached hydrogens (primary N) is 1. The van der Waals surface area contributed by atoms with Crippen molar-refractivity contribution in [2.24, 2.45) is 5.92 Å². The Morgan fingerprint density at radius 2 is 2.31 bits per heavy atom. The van der Waals surface area contributed by atoms with Crippen molar-refractivity contribution in [1.29, 1.82) is 0 Å². The first-order chi connectivity index (χ1) is 12.7. The van der Waals surface area contributed by atoms with E-state index in [0.717, 1.165) is 43.4 Å². The van der Waals surface area contributed by atoms with E-state index >= 15 is 0 Å². The molecule has 3 N–H and O–H groups in total. The topological polar surface area (TPSA) is 84.4 Å². The van der Waals surface area contributed by atoms with Crippen LogP contribution in [0.15, 0.2) is 40.9 Å². The number of para-hydroxylation sites is 1. The molecular formula is C19H22N4O2S. The number of nitrogen functional groups attached to an aromatic ring is 1. The number of nitrogens with zero attached hydrogens (tertiary/aromatic N) is 2. The number of amides is 1. The number of furan rings is 1. The van der Waals surface area contributed by atoms with Gasteiger partial charge in [0.2, 0.25) is 0 Å². The van der Waals surface area contributed by atoms with Crippen LogP contribution in [-0.2, 0) is 6.54 Å². The minimum Gasteiger partial charge on any atom is -0.451 e. The standard InChI is InChI=1S/C19H22N4O2S/c20-19-22-10-15(26-19)12-23-7-3-4-13(11-23)9-21-18(24)17-8-14-5-1-2-6-16(14)25-17/h1-2,5-6,8,10,13H,3-4,7,9,11-12H2,(H2,20,22)(H,21,24). The number of fused-ring (bicyclic) bond motifs is 1. The first-order valence-corrected chi connectivity index (χ1v) is 9.68. The van der Waals surface area contributed by atoms with Crippen LogP contribution in [0.4, 0.5) is 5.13 Å². The average molecular weight is 370 g/mol. The minimum atomic E-state index is -0.145. The molecule has 0 aliphatic carbocycles. The Balaban J connectivity index is 1.31. The van der Waals surface area contributed by atoms with Crippen LogP contribution in [0.2, 0.25) is 0 Å². The summed E-state index contributed by atoms with van der Waals surface area (Å²) in [5.41, 5.74) is 6.45. The van der Waals surface area contributed by atoms with E-state index in [1.807, 2.05) is 30.5 Å². The fourth-order valence-electron chi connectivity index (χ4n) is 3.50. The second kappa shape index (κ2) is 7.47. The maximum atomic E-state index is 12.4. The molecule has 1 saturated heterocycles. The number of nitrogens with one attached hydrogen (secondary N) is 1. The Morgan fingerprint density at radius 1 is 1.42 bits per heavy atom. The molecule has 1 aromatic carbocycles. The molecule has 1 amide bonds. The van der Waals surface area contributed by atoms with Gasteiger partial charge in [-0.1, -0.05) is 18.2 Å². The van der Waals surface area contributed by atoms with Crippen LogP contribution in [0.3, 0.4) is 0 Å². The second-order valence-electron chi connectivity index (χ2n) is 6.77. The van der Waals surface area contributed by atoms with Gasteiger partial charge in [-0.05, 0) is 37.4 Å². The monoisotopic (exact) mass is 370 g/mol. The number of piperidine rings is 1. The predicted octanol–water partition coefficient (Wildman–Crippen LogP) is 3.11. The smallest absolute Gasteiger partial charge is 0.287 e. The molecule has 136 valence electrons. The van der Waals surface area contributed by atoms with Crippen molar-refractivity contribution in [2.75, 3.05) is 25.4 Å². The summed E-state index contributed by atoms with van der Waals surface area (Å²) in [5.74, 6) is 0.676. The molecular weight excluding hydrogens is 348 g/mol. The van der Waals surface area contributed by atoms with Gasteiger partial charge in [0.25, 0.3) is 5.91 Å². The number of anilines is 1. The summed E-state index contributed by atoms with van der Waals surface area (Å²) in [6, 6.07) is 9.46. The molecule has 1 aliphatic heterocycles. The molecule has 0 saturated carbocycles.